The third-order valence-corrected chi connectivity index (χ3v) is 39.2. The number of hydrogen-bond donors (Lipinski definition) is 0. The van der Waals surface area contributed by atoms with Crippen molar-refractivity contribution in [1.29, 1.82) is 0 Å². The summed E-state index contributed by atoms with van der Waals surface area (Å²) in [6, 6.07) is 132. The summed E-state index contributed by atoms with van der Waals surface area (Å²) >= 11 is 0. The van der Waals surface area contributed by atoms with Crippen LogP contribution in [0.5, 0.6) is 0 Å². The first kappa shape index (κ1) is 104. The molecule has 0 atom stereocenters. The molecule has 18 aromatic rings. The van der Waals surface area contributed by atoms with Gasteiger partial charge in [0, 0.05) is 110 Å². The molecule has 695 valence electrons. The standard InChI is InChI=1S/C36H36NSi2.C26H31N2Si.C26H32NSi2.3C11H8N.3Ir/c1-26(2)22-27-23-35(38(3,4)5)36(37-25-27)28-20-21-34-32(24-28)31-18-12-13-19-33(31)39(34,29-14-8-6-9-15-29)30-16-10-7-11-17-30;1-7-28-23-11-9-8-10-21(23)22-16-20(12-13-24(22)28)26-25(29(4,5)6)15-19(17-27-26)14-18(2)3;1-18(2)14-19-15-25(28(3,4)5)26(27-17-19)20-12-13-24-22(16-20)21-10-8-9-11-23(21)29(24,6)7;3*1-2-6-10(7-3-1)11-8-4-5-9-12-11;;;/h6-19,21,23-26H,22H2,1-5H3;8-11,13,15-18H,7,14H2,1-6H3;8-11,13,15-18H,14H2,1-7H3;3*1-6,8-9H;;;/q6*-1;;;. The molecule has 9 heterocycles. The van der Waals surface area contributed by atoms with Gasteiger partial charge in [-0.1, -0.05) is 343 Å². The van der Waals surface area contributed by atoms with Gasteiger partial charge in [-0.15, -0.1) is 189 Å². The Labute approximate surface area is 855 Å². The second-order valence-electron chi connectivity index (χ2n) is 39.7. The summed E-state index contributed by atoms with van der Waals surface area (Å²) in [4.78, 5) is 27.8. The van der Waals surface area contributed by atoms with E-state index in [2.05, 4.69) is 383 Å². The Morgan fingerprint density at radius 1 is 0.301 bits per heavy atom. The topological polar surface area (TPSA) is 82.3 Å². The van der Waals surface area contributed by atoms with E-state index in [1.54, 1.807) is 23.8 Å². The molecule has 0 saturated carbocycles. The number of aryl methyl sites for hydroxylation is 1. The molecule has 7 nitrogen and oxygen atoms in total. The second-order valence-corrected chi connectivity index (χ2v) is 62.9. The van der Waals surface area contributed by atoms with E-state index < -0.39 is 40.4 Å². The van der Waals surface area contributed by atoms with Crippen LogP contribution in [0.15, 0.2) is 353 Å². The molecule has 15 heteroatoms. The maximum Gasteiger partial charge on any atom is 0.136 e. The molecule has 0 aliphatic carbocycles. The number of nitrogens with zero attached hydrogens (tertiary/aromatic N) is 7. The van der Waals surface area contributed by atoms with Crippen molar-refractivity contribution >= 4 is 109 Å². The van der Waals surface area contributed by atoms with E-state index in [1.807, 2.05) is 127 Å². The summed E-state index contributed by atoms with van der Waals surface area (Å²) in [6.07, 6.45) is 14.9. The van der Waals surface area contributed by atoms with Crippen molar-refractivity contribution in [1.82, 2.24) is 34.5 Å². The van der Waals surface area contributed by atoms with Crippen LogP contribution in [0.1, 0.15) is 65.2 Å². The molecule has 2 aliphatic heterocycles. The first-order valence-electron chi connectivity index (χ1n) is 47.1. The van der Waals surface area contributed by atoms with E-state index in [0.29, 0.717) is 17.8 Å². The number of aromatic nitrogens is 7. The molecule has 0 bridgehead atoms. The minimum atomic E-state index is -2.47. The summed E-state index contributed by atoms with van der Waals surface area (Å²) < 4.78 is 2.38. The van der Waals surface area contributed by atoms with Gasteiger partial charge in [-0.2, -0.15) is 0 Å². The number of fused-ring (bicyclic) bond motifs is 9. The Kier molecular flexibility index (Phi) is 35.6. The van der Waals surface area contributed by atoms with E-state index in [9.17, 15) is 0 Å². The van der Waals surface area contributed by atoms with Crippen molar-refractivity contribution in [3.63, 3.8) is 0 Å². The second kappa shape index (κ2) is 46.5. The largest absolute Gasteiger partial charge is 0.381 e. The Bertz CT molecular complexity index is 6620. The summed E-state index contributed by atoms with van der Waals surface area (Å²) in [5.74, 6) is 1.90. The molecule has 136 heavy (non-hydrogen) atoms. The van der Waals surface area contributed by atoms with Gasteiger partial charge in [0.1, 0.15) is 8.07 Å². The van der Waals surface area contributed by atoms with Gasteiger partial charge in [-0.3, -0.25) is 0 Å². The van der Waals surface area contributed by atoms with Gasteiger partial charge in [-0.25, -0.2) is 0 Å². The van der Waals surface area contributed by atoms with Gasteiger partial charge in [0.05, 0.1) is 32.3 Å². The van der Waals surface area contributed by atoms with Crippen LogP contribution in [0.3, 0.4) is 0 Å². The van der Waals surface area contributed by atoms with E-state index in [1.165, 1.54) is 102 Å². The van der Waals surface area contributed by atoms with Gasteiger partial charge in [0.15, 0.2) is 0 Å². The van der Waals surface area contributed by atoms with E-state index >= 15 is 0 Å². The molecule has 0 unspecified atom stereocenters. The molecular weight excluding hydrogens is 2270 g/mol. The Hall–Kier alpha value is -10.8. The molecule has 20 rings (SSSR count). The zero-order chi connectivity index (χ0) is 93.6. The molecule has 7 aromatic heterocycles. The minimum absolute atomic E-state index is 0. The molecule has 0 spiro atoms. The molecular formula is C121H123Ir3N7Si5-6. The van der Waals surface area contributed by atoms with Gasteiger partial charge in [-0.05, 0) is 146 Å². The predicted molar refractivity (Wildman–Crippen MR) is 579 cm³/mol. The minimum Gasteiger partial charge on any atom is -0.381 e. The van der Waals surface area contributed by atoms with E-state index in [4.69, 9.17) is 15.0 Å². The third-order valence-electron chi connectivity index (χ3n) is 24.8. The Morgan fingerprint density at radius 2 is 0.647 bits per heavy atom. The normalized spacial score (nSPS) is 12.3. The smallest absolute Gasteiger partial charge is 0.136 e. The van der Waals surface area contributed by atoms with Crippen LogP contribution in [0.25, 0.3) is 112 Å². The molecule has 11 aromatic carbocycles. The number of pyridine rings is 6. The number of hydrogen-bond acceptors (Lipinski definition) is 6. The molecule has 0 saturated heterocycles. The van der Waals surface area contributed by atoms with Gasteiger partial charge >= 0.3 is 0 Å². The van der Waals surface area contributed by atoms with E-state index in [-0.39, 0.29) is 60.3 Å². The zero-order valence-corrected chi connectivity index (χ0v) is 93.9. The van der Waals surface area contributed by atoms with Crippen LogP contribution in [0, 0.1) is 54.2 Å². The third kappa shape index (κ3) is 24.1. The van der Waals surface area contributed by atoms with Crippen molar-refractivity contribution < 1.29 is 60.3 Å². The molecule has 0 amide bonds. The maximum atomic E-state index is 5.12. The number of para-hydroxylation sites is 1. The van der Waals surface area contributed by atoms with E-state index in [0.717, 1.165) is 93.4 Å². The van der Waals surface area contributed by atoms with Crippen LogP contribution in [-0.2, 0) is 86.1 Å². The van der Waals surface area contributed by atoms with Crippen molar-refractivity contribution in [2.45, 2.75) is 146 Å². The fourth-order valence-electron chi connectivity index (χ4n) is 18.6. The first-order chi connectivity index (χ1) is 64.1. The Balaban J connectivity index is 0.000000154. The van der Waals surface area contributed by atoms with Crippen LogP contribution in [0.4, 0.5) is 0 Å². The van der Waals surface area contributed by atoms with Crippen molar-refractivity contribution in [2.75, 3.05) is 0 Å². The average Bonchev–Trinajstić information content (AvgIpc) is 1.53. The van der Waals surface area contributed by atoms with Crippen LogP contribution < -0.4 is 46.7 Å². The first-order valence-corrected chi connectivity index (χ1v) is 62.6. The molecule has 0 fully saturated rings. The monoisotopic (exact) mass is 2390 g/mol. The number of rotatable bonds is 18. The van der Waals surface area contributed by atoms with Crippen molar-refractivity contribution in [3.8, 4) is 89.8 Å². The average molecular weight is 2390 g/mol. The SMILES string of the molecule is CC(C)Cc1cnc(-c2[c-]cc3c(c2)-c2ccccc2[Si]3(C)C)c([Si](C)(C)C)c1.CC(C)Cc1cnc(-c2[c-]cc3c(c2)-c2ccccc2[Si]3(c2ccccc2)c2ccccc2)c([Si](C)(C)C)c1.CCn1c2c[c-]c(-c3ncc(CC(C)C)cc3[Si](C)(C)C)cc2c2ccccc21.[Ir].[Ir].[Ir].[c-]1ccccc1-c1ccccn1.[c-]1ccccc1-c1ccccn1.[c-]1ccccc1-c1ccccn1. The summed E-state index contributed by atoms with van der Waals surface area (Å²) in [7, 11) is -8.84. The van der Waals surface area contributed by atoms with Crippen molar-refractivity contribution in [2.24, 2.45) is 17.8 Å². The molecule has 2 aliphatic rings. The summed E-state index contributed by atoms with van der Waals surface area (Å²) in [5.41, 5.74) is 24.9. The quantitative estimate of drug-likeness (QED) is 0.0629. The zero-order valence-electron chi connectivity index (χ0n) is 81.7. The van der Waals surface area contributed by atoms with Crippen LogP contribution in [0.2, 0.25) is 72.0 Å². The van der Waals surface area contributed by atoms with Crippen LogP contribution in [-0.4, -0.2) is 74.8 Å². The fraction of sp³-hybridized carbons (Fsp3) is 0.207. The van der Waals surface area contributed by atoms with Crippen molar-refractivity contribution in [3.05, 3.63) is 406 Å². The van der Waals surface area contributed by atoms with Gasteiger partial charge < -0.3 is 34.5 Å². The Morgan fingerprint density at radius 3 is 1.03 bits per heavy atom. The fourth-order valence-corrected chi connectivity index (χ4v) is 31.3. The summed E-state index contributed by atoms with van der Waals surface area (Å²) in [5, 5.41) is 15.7. The maximum absolute atomic E-state index is 5.12. The number of benzene rings is 11. The molecule has 3 radical (unpaired) electrons. The predicted octanol–water partition coefficient (Wildman–Crippen LogP) is 24.8. The van der Waals surface area contributed by atoms with Gasteiger partial charge in [0.25, 0.3) is 0 Å². The summed E-state index contributed by atoms with van der Waals surface area (Å²) in [6.45, 7) is 43.5. The van der Waals surface area contributed by atoms with Crippen LogP contribution >= 0.6 is 0 Å². The van der Waals surface area contributed by atoms with Gasteiger partial charge in [0.2, 0.25) is 0 Å². The molecule has 0 N–H and O–H groups in total.